The molecule has 0 saturated carbocycles. The van der Waals surface area contributed by atoms with Crippen molar-refractivity contribution in [3.8, 4) is 44.5 Å². The number of nitrogens with zero attached hydrogens (tertiary/aromatic N) is 1. The standard InChI is InChI=1S/C58H41NS/c1-57(2)49-18-8-6-16-45(49)47-34-32-43(36-53(47)57)59(42-30-28-41(29-31-42)40-26-24-39(25-27-40)38-14-4-3-5-15-38)44-33-35-48-46-17-7-9-19-50(46)58(54(48)37-44)51-20-10-12-22-55(51)60-56-23-13-11-21-52(56)58/h3-37H,1-2H3. The van der Waals surface area contributed by atoms with E-state index < -0.39 is 5.41 Å². The van der Waals surface area contributed by atoms with E-state index in [9.17, 15) is 0 Å². The van der Waals surface area contributed by atoms with Crippen LogP contribution < -0.4 is 4.90 Å². The van der Waals surface area contributed by atoms with E-state index in [1.165, 1.54) is 87.7 Å². The van der Waals surface area contributed by atoms with Crippen LogP contribution in [0, 0.1) is 0 Å². The van der Waals surface area contributed by atoms with Crippen LogP contribution in [0.25, 0.3) is 44.5 Å². The number of hydrogen-bond donors (Lipinski definition) is 0. The van der Waals surface area contributed by atoms with Crippen LogP contribution in [-0.4, -0.2) is 0 Å². The van der Waals surface area contributed by atoms with Gasteiger partial charge in [0.2, 0.25) is 0 Å². The quantitative estimate of drug-likeness (QED) is 0.171. The lowest BCUT2D eigenvalue weighted by atomic mass is 9.67. The van der Waals surface area contributed by atoms with E-state index in [2.05, 4.69) is 231 Å². The normalized spacial score (nSPS) is 14.4. The van der Waals surface area contributed by atoms with Gasteiger partial charge in [-0.05, 0) is 126 Å². The summed E-state index contributed by atoms with van der Waals surface area (Å²) in [5.41, 5.74) is 21.1. The van der Waals surface area contributed by atoms with E-state index in [-0.39, 0.29) is 5.41 Å². The van der Waals surface area contributed by atoms with Crippen molar-refractivity contribution in [2.45, 2.75) is 34.5 Å². The van der Waals surface area contributed by atoms with Gasteiger partial charge in [0.15, 0.2) is 0 Å². The van der Waals surface area contributed by atoms with Crippen molar-refractivity contribution in [2.24, 2.45) is 0 Å². The van der Waals surface area contributed by atoms with E-state index in [0.29, 0.717) is 0 Å². The van der Waals surface area contributed by atoms with Crippen LogP contribution in [0.3, 0.4) is 0 Å². The van der Waals surface area contributed by atoms with Gasteiger partial charge in [-0.1, -0.05) is 189 Å². The molecule has 12 rings (SSSR count). The predicted molar refractivity (Wildman–Crippen MR) is 251 cm³/mol. The van der Waals surface area contributed by atoms with Crippen LogP contribution in [0.1, 0.15) is 47.2 Å². The second-order valence-corrected chi connectivity index (χ2v) is 17.9. The van der Waals surface area contributed by atoms with Crippen LogP contribution in [0.2, 0.25) is 0 Å². The third-order valence-electron chi connectivity index (χ3n) is 13.4. The molecule has 9 aromatic carbocycles. The zero-order chi connectivity index (χ0) is 40.0. The third kappa shape index (κ3) is 5.07. The van der Waals surface area contributed by atoms with Crippen LogP contribution in [-0.2, 0) is 10.8 Å². The summed E-state index contributed by atoms with van der Waals surface area (Å²) in [6.45, 7) is 4.74. The van der Waals surface area contributed by atoms with Gasteiger partial charge < -0.3 is 4.90 Å². The Kier molecular flexibility index (Phi) is 7.80. The highest BCUT2D eigenvalue weighted by Crippen LogP contribution is 2.63. The first-order chi connectivity index (χ1) is 29.5. The maximum Gasteiger partial charge on any atom is 0.0736 e. The number of rotatable bonds is 5. The Labute approximate surface area is 356 Å². The first-order valence-corrected chi connectivity index (χ1v) is 21.7. The van der Waals surface area contributed by atoms with Crippen molar-refractivity contribution in [1.29, 1.82) is 0 Å². The summed E-state index contributed by atoms with van der Waals surface area (Å²) in [5.74, 6) is 0. The molecule has 0 aromatic heterocycles. The topological polar surface area (TPSA) is 3.24 Å². The second kappa shape index (κ2) is 13.3. The van der Waals surface area contributed by atoms with Gasteiger partial charge in [0.05, 0.1) is 5.41 Å². The minimum absolute atomic E-state index is 0.125. The van der Waals surface area contributed by atoms with Crippen molar-refractivity contribution in [2.75, 3.05) is 4.90 Å². The van der Waals surface area contributed by atoms with Gasteiger partial charge >= 0.3 is 0 Å². The molecule has 2 aliphatic carbocycles. The molecule has 0 atom stereocenters. The first-order valence-electron chi connectivity index (χ1n) is 20.9. The fourth-order valence-corrected chi connectivity index (χ4v) is 11.7. The minimum Gasteiger partial charge on any atom is -0.310 e. The summed E-state index contributed by atoms with van der Waals surface area (Å²) >= 11 is 1.89. The molecule has 1 nitrogen and oxygen atoms in total. The maximum atomic E-state index is 2.50. The summed E-state index contributed by atoms with van der Waals surface area (Å²) in [5, 5.41) is 0. The Bertz CT molecular complexity index is 3090. The van der Waals surface area contributed by atoms with Gasteiger partial charge in [0, 0.05) is 32.3 Å². The Morgan fingerprint density at radius 2 is 0.717 bits per heavy atom. The Balaban J connectivity index is 1.05. The van der Waals surface area contributed by atoms with Crippen LogP contribution in [0.5, 0.6) is 0 Å². The number of anilines is 3. The van der Waals surface area contributed by atoms with Crippen LogP contribution >= 0.6 is 11.8 Å². The zero-order valence-corrected chi connectivity index (χ0v) is 34.4. The molecular weight excluding hydrogens is 743 g/mol. The van der Waals surface area contributed by atoms with E-state index in [4.69, 9.17) is 0 Å². The van der Waals surface area contributed by atoms with Crippen molar-refractivity contribution in [3.05, 3.63) is 246 Å². The van der Waals surface area contributed by atoms with Crippen LogP contribution in [0.4, 0.5) is 17.1 Å². The number of fused-ring (bicyclic) bond motifs is 12. The molecule has 1 spiro atoms. The molecule has 284 valence electrons. The van der Waals surface area contributed by atoms with Gasteiger partial charge in [-0.25, -0.2) is 0 Å². The average molecular weight is 784 g/mol. The van der Waals surface area contributed by atoms with E-state index in [1.54, 1.807) is 0 Å². The van der Waals surface area contributed by atoms with Gasteiger partial charge in [-0.2, -0.15) is 0 Å². The van der Waals surface area contributed by atoms with Crippen molar-refractivity contribution in [1.82, 2.24) is 0 Å². The van der Waals surface area contributed by atoms with Gasteiger partial charge in [-0.3, -0.25) is 0 Å². The lowest BCUT2D eigenvalue weighted by Crippen LogP contribution is -2.32. The summed E-state index contributed by atoms with van der Waals surface area (Å²) in [7, 11) is 0. The monoisotopic (exact) mass is 783 g/mol. The Morgan fingerprint density at radius 1 is 0.317 bits per heavy atom. The largest absolute Gasteiger partial charge is 0.310 e. The van der Waals surface area contributed by atoms with Crippen molar-refractivity contribution < 1.29 is 0 Å². The zero-order valence-electron chi connectivity index (χ0n) is 33.6. The molecule has 0 bridgehead atoms. The fraction of sp³-hybridized carbons (Fsp3) is 0.0690. The molecule has 1 aliphatic heterocycles. The predicted octanol–water partition coefficient (Wildman–Crippen LogP) is 15.6. The fourth-order valence-electron chi connectivity index (χ4n) is 10.5. The molecule has 2 heteroatoms. The molecule has 9 aromatic rings. The summed E-state index contributed by atoms with van der Waals surface area (Å²) in [6, 6.07) is 79.2. The van der Waals surface area contributed by atoms with E-state index in [0.717, 1.165) is 17.1 Å². The van der Waals surface area contributed by atoms with Crippen molar-refractivity contribution in [3.63, 3.8) is 0 Å². The number of hydrogen-bond acceptors (Lipinski definition) is 2. The van der Waals surface area contributed by atoms with Gasteiger partial charge in [-0.15, -0.1) is 0 Å². The summed E-state index contributed by atoms with van der Waals surface area (Å²) < 4.78 is 0. The molecule has 0 fully saturated rings. The van der Waals surface area contributed by atoms with Gasteiger partial charge in [0.1, 0.15) is 0 Å². The highest BCUT2D eigenvalue weighted by atomic mass is 32.2. The highest BCUT2D eigenvalue weighted by molar-refractivity contribution is 7.99. The molecule has 0 radical (unpaired) electrons. The Hall–Kier alpha value is -6.87. The van der Waals surface area contributed by atoms with E-state index in [1.807, 2.05) is 11.8 Å². The van der Waals surface area contributed by atoms with E-state index >= 15 is 0 Å². The number of benzene rings is 9. The summed E-state index contributed by atoms with van der Waals surface area (Å²) in [6.07, 6.45) is 0. The van der Waals surface area contributed by atoms with Crippen molar-refractivity contribution >= 4 is 28.8 Å². The highest BCUT2D eigenvalue weighted by Gasteiger charge is 2.50. The minimum atomic E-state index is -0.455. The third-order valence-corrected chi connectivity index (χ3v) is 14.5. The van der Waals surface area contributed by atoms with Crippen LogP contribution in [0.15, 0.2) is 222 Å². The molecule has 0 saturated heterocycles. The lowest BCUT2D eigenvalue weighted by Gasteiger charge is -2.40. The molecule has 1 heterocycles. The second-order valence-electron chi connectivity index (χ2n) is 16.8. The first kappa shape index (κ1) is 35.1. The maximum absolute atomic E-state index is 2.50. The summed E-state index contributed by atoms with van der Waals surface area (Å²) in [4.78, 5) is 5.11. The molecular formula is C58H41NS. The molecule has 3 aliphatic rings. The van der Waals surface area contributed by atoms with Gasteiger partial charge in [0.25, 0.3) is 0 Å². The smallest absolute Gasteiger partial charge is 0.0736 e. The average Bonchev–Trinajstić information content (AvgIpc) is 3.72. The molecule has 0 amide bonds. The lowest BCUT2D eigenvalue weighted by molar-refractivity contribution is 0.660. The Morgan fingerprint density at radius 3 is 1.32 bits per heavy atom. The molecule has 0 unspecified atom stereocenters. The molecule has 60 heavy (non-hydrogen) atoms. The SMILES string of the molecule is CC1(C)c2ccccc2-c2ccc(N(c3ccc(-c4ccc(-c5ccccc5)cc4)cc3)c3ccc4c(c3)C3(c5ccccc5Sc5ccccc53)c3ccccc3-4)cc21. The molecule has 0 N–H and O–H groups in total.